The second-order valence-electron chi connectivity index (χ2n) is 5.45. The highest BCUT2D eigenvalue weighted by Crippen LogP contribution is 2.24. The summed E-state index contributed by atoms with van der Waals surface area (Å²) in [5.41, 5.74) is 1.69. The van der Waals surface area contributed by atoms with Crippen molar-refractivity contribution in [1.29, 1.82) is 0 Å². The molecule has 0 saturated heterocycles. The van der Waals surface area contributed by atoms with Gasteiger partial charge in [0.25, 0.3) is 0 Å². The van der Waals surface area contributed by atoms with E-state index >= 15 is 0 Å². The van der Waals surface area contributed by atoms with Gasteiger partial charge in [-0.3, -0.25) is 4.99 Å². The molecule has 0 saturated carbocycles. The average Bonchev–Trinajstić information content (AvgIpc) is 2.69. The second-order valence-corrected chi connectivity index (χ2v) is 5.45. The Morgan fingerprint density at radius 2 is 1.50 bits per heavy atom. The lowest BCUT2D eigenvalue weighted by molar-refractivity contribution is 0.390. The van der Waals surface area contributed by atoms with E-state index in [0.717, 1.165) is 17.1 Å². The Labute approximate surface area is 153 Å². The van der Waals surface area contributed by atoms with E-state index in [4.69, 9.17) is 14.2 Å². The minimum Gasteiger partial charge on any atom is -0.508 e. The van der Waals surface area contributed by atoms with Crippen LogP contribution >= 0.6 is 0 Å². The van der Waals surface area contributed by atoms with Crippen molar-refractivity contribution < 1.29 is 19.3 Å². The maximum Gasteiger partial charge on any atom is 0.191 e. The van der Waals surface area contributed by atoms with Crippen LogP contribution in [-0.2, 0) is 13.1 Å². The molecular weight excluding hydrogens is 334 g/mol. The monoisotopic (exact) mass is 359 g/mol. The normalized spacial score (nSPS) is 11.0. The highest BCUT2D eigenvalue weighted by atomic mass is 16.5. The van der Waals surface area contributed by atoms with Crippen molar-refractivity contribution in [3.05, 3.63) is 47.5 Å². The predicted octanol–water partition coefficient (Wildman–Crippen LogP) is 2.28. The van der Waals surface area contributed by atoms with E-state index < -0.39 is 0 Å². The summed E-state index contributed by atoms with van der Waals surface area (Å²) in [5.74, 6) is 2.96. The SMILES string of the molecule is CN=C(NCc1cc(OC)ccc1O)NCc1ccc(OC)cc1OC. The molecule has 2 aromatic rings. The molecule has 0 bridgehead atoms. The summed E-state index contributed by atoms with van der Waals surface area (Å²) in [6, 6.07) is 10.7. The van der Waals surface area contributed by atoms with Crippen molar-refractivity contribution >= 4 is 5.96 Å². The van der Waals surface area contributed by atoms with Crippen LogP contribution in [0, 0.1) is 0 Å². The molecule has 7 nitrogen and oxygen atoms in total. The van der Waals surface area contributed by atoms with Crippen LogP contribution in [0.4, 0.5) is 0 Å². The third kappa shape index (κ3) is 4.95. The van der Waals surface area contributed by atoms with Gasteiger partial charge in [0.05, 0.1) is 21.3 Å². The lowest BCUT2D eigenvalue weighted by Crippen LogP contribution is -2.36. The fourth-order valence-corrected chi connectivity index (χ4v) is 2.41. The molecule has 0 aromatic heterocycles. The molecule has 140 valence electrons. The molecule has 0 atom stereocenters. The van der Waals surface area contributed by atoms with Crippen molar-refractivity contribution in [3.8, 4) is 23.0 Å². The standard InChI is InChI=1S/C19H25N3O4/c1-20-19(22-12-14-9-15(24-2)7-8-17(14)23)21-11-13-5-6-16(25-3)10-18(13)26-4/h5-10,23H,11-12H2,1-4H3,(H2,20,21,22). The largest absolute Gasteiger partial charge is 0.508 e. The summed E-state index contributed by atoms with van der Waals surface area (Å²) in [6.45, 7) is 0.930. The lowest BCUT2D eigenvalue weighted by Gasteiger charge is -2.15. The molecule has 0 spiro atoms. The van der Waals surface area contributed by atoms with Crippen molar-refractivity contribution in [2.75, 3.05) is 28.4 Å². The smallest absolute Gasteiger partial charge is 0.191 e. The summed E-state index contributed by atoms with van der Waals surface area (Å²) in [7, 11) is 6.52. The third-order valence-electron chi connectivity index (χ3n) is 3.90. The molecule has 0 fully saturated rings. The van der Waals surface area contributed by atoms with Gasteiger partial charge in [-0.25, -0.2) is 0 Å². The van der Waals surface area contributed by atoms with Gasteiger partial charge >= 0.3 is 0 Å². The molecule has 0 aliphatic heterocycles. The molecule has 0 aliphatic rings. The number of rotatable bonds is 7. The Morgan fingerprint density at radius 1 is 0.885 bits per heavy atom. The number of aromatic hydroxyl groups is 1. The quantitative estimate of drug-likeness (QED) is 0.520. The highest BCUT2D eigenvalue weighted by Gasteiger charge is 2.08. The molecule has 0 heterocycles. The van der Waals surface area contributed by atoms with E-state index in [1.54, 1.807) is 46.6 Å². The van der Waals surface area contributed by atoms with Crippen molar-refractivity contribution in [2.24, 2.45) is 4.99 Å². The Hall–Kier alpha value is -3.09. The Balaban J connectivity index is 1.98. The van der Waals surface area contributed by atoms with Crippen LogP contribution in [0.2, 0.25) is 0 Å². The van der Waals surface area contributed by atoms with Gasteiger partial charge in [-0.1, -0.05) is 0 Å². The number of nitrogens with one attached hydrogen (secondary N) is 2. The van der Waals surface area contributed by atoms with E-state index in [2.05, 4.69) is 15.6 Å². The lowest BCUT2D eigenvalue weighted by atomic mass is 10.2. The summed E-state index contributed by atoms with van der Waals surface area (Å²) >= 11 is 0. The van der Waals surface area contributed by atoms with E-state index in [0.29, 0.717) is 30.4 Å². The number of phenols is 1. The molecule has 0 amide bonds. The second kappa shape index (κ2) is 9.41. The number of methoxy groups -OCH3 is 3. The molecule has 2 rings (SSSR count). The van der Waals surface area contributed by atoms with Crippen LogP contribution < -0.4 is 24.8 Å². The number of benzene rings is 2. The molecule has 0 aliphatic carbocycles. The van der Waals surface area contributed by atoms with Gasteiger partial charge in [0.2, 0.25) is 0 Å². The van der Waals surface area contributed by atoms with Crippen molar-refractivity contribution in [2.45, 2.75) is 13.1 Å². The first-order valence-electron chi connectivity index (χ1n) is 8.12. The van der Waals surface area contributed by atoms with Gasteiger partial charge in [-0.2, -0.15) is 0 Å². The van der Waals surface area contributed by atoms with Gasteiger partial charge in [-0.05, 0) is 30.3 Å². The first-order valence-corrected chi connectivity index (χ1v) is 8.12. The Kier molecular flexibility index (Phi) is 6.96. The van der Waals surface area contributed by atoms with Crippen molar-refractivity contribution in [1.82, 2.24) is 10.6 Å². The minimum absolute atomic E-state index is 0.200. The maximum atomic E-state index is 9.96. The molecule has 0 unspecified atom stereocenters. The number of aliphatic imine (C=N–C) groups is 1. The summed E-state index contributed by atoms with van der Waals surface area (Å²) < 4.78 is 15.8. The van der Waals surface area contributed by atoms with E-state index in [9.17, 15) is 5.11 Å². The average molecular weight is 359 g/mol. The molecule has 0 radical (unpaired) electrons. The summed E-state index contributed by atoms with van der Waals surface area (Å²) in [5, 5.41) is 16.3. The molecule has 2 aromatic carbocycles. The number of guanidine groups is 1. The van der Waals surface area contributed by atoms with Crippen LogP contribution in [0.1, 0.15) is 11.1 Å². The topological polar surface area (TPSA) is 84.3 Å². The summed E-state index contributed by atoms with van der Waals surface area (Å²) in [4.78, 5) is 4.20. The van der Waals surface area contributed by atoms with Crippen molar-refractivity contribution in [3.63, 3.8) is 0 Å². The number of phenolic OH excluding ortho intramolecular Hbond substituents is 1. The van der Waals surface area contributed by atoms with Gasteiger partial charge in [0, 0.05) is 37.3 Å². The fraction of sp³-hybridized carbons (Fsp3) is 0.316. The fourth-order valence-electron chi connectivity index (χ4n) is 2.41. The molecule has 3 N–H and O–H groups in total. The van der Waals surface area contributed by atoms with E-state index in [1.807, 2.05) is 18.2 Å². The van der Waals surface area contributed by atoms with Crippen LogP contribution in [0.3, 0.4) is 0 Å². The number of hydrogen-bond donors (Lipinski definition) is 3. The molecular formula is C19H25N3O4. The Morgan fingerprint density at radius 3 is 2.12 bits per heavy atom. The van der Waals surface area contributed by atoms with Gasteiger partial charge < -0.3 is 30.0 Å². The molecule has 7 heteroatoms. The highest BCUT2D eigenvalue weighted by molar-refractivity contribution is 5.79. The first kappa shape index (κ1) is 19.2. The number of nitrogens with zero attached hydrogens (tertiary/aromatic N) is 1. The van der Waals surface area contributed by atoms with E-state index in [1.165, 1.54) is 0 Å². The van der Waals surface area contributed by atoms with Gasteiger partial charge in [-0.15, -0.1) is 0 Å². The Bertz CT molecular complexity index is 762. The third-order valence-corrected chi connectivity index (χ3v) is 3.90. The van der Waals surface area contributed by atoms with Crippen LogP contribution in [0.15, 0.2) is 41.4 Å². The van der Waals surface area contributed by atoms with Crippen LogP contribution in [0.5, 0.6) is 23.0 Å². The zero-order valence-electron chi connectivity index (χ0n) is 15.5. The van der Waals surface area contributed by atoms with Gasteiger partial charge in [0.1, 0.15) is 23.0 Å². The van der Waals surface area contributed by atoms with Crippen LogP contribution in [0.25, 0.3) is 0 Å². The first-order chi connectivity index (χ1) is 12.6. The predicted molar refractivity (Wildman–Crippen MR) is 101 cm³/mol. The maximum absolute atomic E-state index is 9.96. The molecule has 26 heavy (non-hydrogen) atoms. The van der Waals surface area contributed by atoms with Crippen LogP contribution in [-0.4, -0.2) is 39.4 Å². The van der Waals surface area contributed by atoms with E-state index in [-0.39, 0.29) is 5.75 Å². The van der Waals surface area contributed by atoms with Gasteiger partial charge in [0.15, 0.2) is 5.96 Å². The zero-order valence-corrected chi connectivity index (χ0v) is 15.5. The number of hydrogen-bond acceptors (Lipinski definition) is 5. The number of ether oxygens (including phenoxy) is 3. The zero-order chi connectivity index (χ0) is 18.9. The summed E-state index contributed by atoms with van der Waals surface area (Å²) in [6.07, 6.45) is 0. The minimum atomic E-state index is 0.200.